The maximum Gasteiger partial charge on any atom is 0.416 e. The Bertz CT molecular complexity index is 717. The summed E-state index contributed by atoms with van der Waals surface area (Å²) in [5.74, 6) is 0. The number of sulfone groups is 1. The molecule has 0 aliphatic heterocycles. The quantitative estimate of drug-likeness (QED) is 0.779. The van der Waals surface area contributed by atoms with Gasteiger partial charge in [0.25, 0.3) is 0 Å². The summed E-state index contributed by atoms with van der Waals surface area (Å²) in [6, 6.07) is 7.80. The molecule has 0 aliphatic carbocycles. The van der Waals surface area contributed by atoms with Gasteiger partial charge >= 0.3 is 6.18 Å². The van der Waals surface area contributed by atoms with Gasteiger partial charge in [-0.05, 0) is 43.0 Å². The largest absolute Gasteiger partial charge is 0.416 e. The lowest BCUT2D eigenvalue weighted by atomic mass is 10.1. The Hall–Kier alpha value is -1.34. The first-order valence-corrected chi connectivity index (χ1v) is 9.06. The first-order chi connectivity index (χ1) is 10.1. The Morgan fingerprint density at radius 3 is 2.05 bits per heavy atom. The van der Waals surface area contributed by atoms with E-state index in [1.807, 2.05) is 0 Å². The van der Waals surface area contributed by atoms with Crippen LogP contribution in [-0.4, -0.2) is 8.42 Å². The molecule has 1 aromatic carbocycles. The van der Waals surface area contributed by atoms with Crippen LogP contribution >= 0.6 is 11.3 Å². The zero-order valence-electron chi connectivity index (χ0n) is 12.0. The van der Waals surface area contributed by atoms with Gasteiger partial charge in [0.05, 0.1) is 16.1 Å². The van der Waals surface area contributed by atoms with Crippen molar-refractivity contribution in [3.63, 3.8) is 0 Å². The maximum atomic E-state index is 12.6. The second-order valence-electron chi connectivity index (χ2n) is 5.01. The molecule has 2 atom stereocenters. The number of alkyl halides is 3. The van der Waals surface area contributed by atoms with E-state index in [0.29, 0.717) is 5.56 Å². The minimum atomic E-state index is -4.43. The number of rotatable bonds is 4. The smallest absolute Gasteiger partial charge is 0.228 e. The summed E-state index contributed by atoms with van der Waals surface area (Å²) in [5, 5.41) is 0.237. The van der Waals surface area contributed by atoms with Crippen LogP contribution in [0.4, 0.5) is 13.2 Å². The highest BCUT2D eigenvalue weighted by Crippen LogP contribution is 2.36. The third kappa shape index (κ3) is 3.35. The van der Waals surface area contributed by atoms with Crippen LogP contribution in [0.15, 0.2) is 41.8 Å². The summed E-state index contributed by atoms with van der Waals surface area (Å²) < 4.78 is 62.8. The van der Waals surface area contributed by atoms with Gasteiger partial charge < -0.3 is 0 Å². The van der Waals surface area contributed by atoms with Crippen LogP contribution < -0.4 is 0 Å². The number of hydrogen-bond donors (Lipinski definition) is 0. The molecule has 120 valence electrons. The van der Waals surface area contributed by atoms with E-state index in [1.165, 1.54) is 30.4 Å². The summed E-state index contributed by atoms with van der Waals surface area (Å²) in [6.07, 6.45) is -4.43. The highest BCUT2D eigenvalue weighted by molar-refractivity contribution is 7.92. The average molecular weight is 348 g/mol. The van der Waals surface area contributed by atoms with Crippen LogP contribution in [0.2, 0.25) is 0 Å². The molecule has 1 aromatic heterocycles. The monoisotopic (exact) mass is 348 g/mol. The van der Waals surface area contributed by atoms with Gasteiger partial charge in [0.2, 0.25) is 0 Å². The maximum absolute atomic E-state index is 12.6. The number of benzene rings is 1. The second kappa shape index (κ2) is 6.04. The van der Waals surface area contributed by atoms with Crippen molar-refractivity contribution >= 4 is 21.2 Å². The lowest BCUT2D eigenvalue weighted by Crippen LogP contribution is -2.16. The van der Waals surface area contributed by atoms with Gasteiger partial charge in [-0.15, -0.1) is 11.3 Å². The third-order valence-corrected chi connectivity index (χ3v) is 7.34. The van der Waals surface area contributed by atoms with Crippen molar-refractivity contribution in [1.82, 2.24) is 0 Å². The van der Waals surface area contributed by atoms with Crippen LogP contribution in [0.3, 0.4) is 0 Å². The van der Waals surface area contributed by atoms with Gasteiger partial charge in [-0.25, -0.2) is 8.42 Å². The van der Waals surface area contributed by atoms with E-state index in [0.717, 1.165) is 17.0 Å². The van der Waals surface area contributed by atoms with Gasteiger partial charge in [0.1, 0.15) is 0 Å². The first-order valence-electron chi connectivity index (χ1n) is 6.57. The summed E-state index contributed by atoms with van der Waals surface area (Å²) >= 11 is 1.35. The molecule has 2 nitrogen and oxygen atoms in total. The molecule has 22 heavy (non-hydrogen) atoms. The third-order valence-electron chi connectivity index (χ3n) is 3.64. The lowest BCUT2D eigenvalue weighted by Gasteiger charge is -2.19. The van der Waals surface area contributed by atoms with Gasteiger partial charge in [-0.1, -0.05) is 18.2 Å². The average Bonchev–Trinajstić information content (AvgIpc) is 2.98. The number of hydrogen-bond acceptors (Lipinski definition) is 3. The van der Waals surface area contributed by atoms with E-state index in [2.05, 4.69) is 0 Å². The SMILES string of the molecule is C[C@@H](c1ccc(C(F)(F)F)cc1)S(=O)(=O)[C@@H](C)c1cccs1. The van der Waals surface area contributed by atoms with Crippen molar-refractivity contribution in [3.05, 3.63) is 57.8 Å². The number of thiophene rings is 1. The topological polar surface area (TPSA) is 34.1 Å². The van der Waals surface area contributed by atoms with Crippen molar-refractivity contribution in [2.45, 2.75) is 30.5 Å². The normalized spacial score (nSPS) is 15.5. The van der Waals surface area contributed by atoms with Gasteiger partial charge in [-0.2, -0.15) is 13.2 Å². The fourth-order valence-electron chi connectivity index (χ4n) is 2.12. The predicted molar refractivity (Wildman–Crippen MR) is 81.5 cm³/mol. The summed E-state index contributed by atoms with van der Waals surface area (Å²) in [6.45, 7) is 3.10. The molecule has 0 spiro atoms. The molecule has 0 N–H and O–H groups in total. The minimum absolute atomic E-state index is 0.358. The van der Waals surface area contributed by atoms with Crippen LogP contribution in [0, 0.1) is 0 Å². The van der Waals surface area contributed by atoms with Crippen molar-refractivity contribution in [2.75, 3.05) is 0 Å². The van der Waals surface area contributed by atoms with E-state index >= 15 is 0 Å². The molecular formula is C15H15F3O2S2. The Morgan fingerprint density at radius 2 is 1.59 bits per heavy atom. The van der Waals surface area contributed by atoms with Crippen molar-refractivity contribution in [1.29, 1.82) is 0 Å². The molecule has 1 heterocycles. The molecule has 7 heteroatoms. The van der Waals surface area contributed by atoms with Crippen molar-refractivity contribution in [3.8, 4) is 0 Å². The fraction of sp³-hybridized carbons (Fsp3) is 0.333. The highest BCUT2D eigenvalue weighted by atomic mass is 32.2. The first kappa shape index (κ1) is 17.0. The van der Waals surface area contributed by atoms with Crippen LogP contribution in [-0.2, 0) is 16.0 Å². The van der Waals surface area contributed by atoms with Crippen LogP contribution in [0.1, 0.15) is 40.4 Å². The molecule has 0 saturated heterocycles. The van der Waals surface area contributed by atoms with Gasteiger partial charge in [0.15, 0.2) is 9.84 Å². The summed E-state index contributed by atoms with van der Waals surface area (Å²) in [5.41, 5.74) is -0.427. The molecule has 2 aromatic rings. The Labute approximate surface area is 131 Å². The van der Waals surface area contributed by atoms with E-state index < -0.39 is 32.1 Å². The molecule has 0 bridgehead atoms. The van der Waals surface area contributed by atoms with E-state index in [4.69, 9.17) is 0 Å². The van der Waals surface area contributed by atoms with Gasteiger partial charge in [-0.3, -0.25) is 0 Å². The number of halogens is 3. The molecular weight excluding hydrogens is 333 g/mol. The molecule has 0 saturated carbocycles. The molecule has 0 fully saturated rings. The van der Waals surface area contributed by atoms with E-state index in [-0.39, 0.29) is 0 Å². The van der Waals surface area contributed by atoms with E-state index in [9.17, 15) is 21.6 Å². The Kier molecular flexibility index (Phi) is 4.67. The van der Waals surface area contributed by atoms with Crippen molar-refractivity contribution < 1.29 is 21.6 Å². The molecule has 0 amide bonds. The molecule has 2 rings (SSSR count). The van der Waals surface area contributed by atoms with Crippen LogP contribution in [0.5, 0.6) is 0 Å². The highest BCUT2D eigenvalue weighted by Gasteiger charge is 2.33. The molecule has 0 aliphatic rings. The lowest BCUT2D eigenvalue weighted by molar-refractivity contribution is -0.137. The van der Waals surface area contributed by atoms with Crippen molar-refractivity contribution in [2.24, 2.45) is 0 Å². The Morgan fingerprint density at radius 1 is 1.00 bits per heavy atom. The Balaban J connectivity index is 2.29. The standard InChI is InChI=1S/C15H15F3O2S2/c1-10(12-5-7-13(8-6-12)15(16,17)18)22(19,20)11(2)14-4-3-9-21-14/h3-11H,1-2H3/t10-,11-/m0/s1. The summed E-state index contributed by atoms with van der Waals surface area (Å²) in [7, 11) is -3.53. The zero-order valence-corrected chi connectivity index (χ0v) is 13.6. The predicted octanol–water partition coefficient (Wildman–Crippen LogP) is 5.00. The van der Waals surface area contributed by atoms with Gasteiger partial charge in [0, 0.05) is 4.88 Å². The van der Waals surface area contributed by atoms with E-state index in [1.54, 1.807) is 24.4 Å². The molecule has 0 radical (unpaired) electrons. The fourth-order valence-corrected chi connectivity index (χ4v) is 4.91. The minimum Gasteiger partial charge on any atom is -0.228 e. The summed E-state index contributed by atoms with van der Waals surface area (Å²) in [4.78, 5) is 0.721. The molecule has 0 unspecified atom stereocenters. The second-order valence-corrected chi connectivity index (χ2v) is 8.58. The van der Waals surface area contributed by atoms with Crippen LogP contribution in [0.25, 0.3) is 0 Å². The zero-order chi connectivity index (χ0) is 16.5.